The molecule has 98 valence electrons. The van der Waals surface area contributed by atoms with Crippen molar-refractivity contribution in [3.8, 4) is 0 Å². The molecule has 5 atom stereocenters. The lowest BCUT2D eigenvalue weighted by molar-refractivity contribution is -0.145. The Bertz CT molecular complexity index is 310. The molecule has 0 radical (unpaired) electrons. The lowest BCUT2D eigenvalue weighted by Gasteiger charge is -2.53. The summed E-state index contributed by atoms with van der Waals surface area (Å²) in [7, 11) is 0. The number of carbonyl (C=O) groups excluding carboxylic acids is 1. The number of hydrogen-bond acceptors (Lipinski definition) is 2. The Balaban J connectivity index is 2.26. The van der Waals surface area contributed by atoms with E-state index in [4.69, 9.17) is 0 Å². The van der Waals surface area contributed by atoms with Crippen molar-refractivity contribution >= 4 is 5.78 Å². The number of aliphatic hydroxyl groups excluding tert-OH is 1. The highest BCUT2D eigenvalue weighted by Crippen LogP contribution is 2.54. The number of rotatable bonds is 1. The summed E-state index contributed by atoms with van der Waals surface area (Å²) in [6.07, 6.45) is 3.30. The summed E-state index contributed by atoms with van der Waals surface area (Å²) in [6.45, 7) is 8.89. The van der Waals surface area contributed by atoms with Crippen molar-refractivity contribution in [2.24, 2.45) is 29.1 Å². The monoisotopic (exact) mass is 238 g/mol. The van der Waals surface area contributed by atoms with Gasteiger partial charge in [0.2, 0.25) is 0 Å². The lowest BCUT2D eigenvalue weighted by atomic mass is 9.52. The molecule has 0 unspecified atom stereocenters. The third kappa shape index (κ3) is 2.05. The average molecular weight is 238 g/mol. The van der Waals surface area contributed by atoms with Crippen molar-refractivity contribution in [2.75, 3.05) is 0 Å². The first-order valence-corrected chi connectivity index (χ1v) is 7.07. The number of fused-ring (bicyclic) bond motifs is 1. The molecule has 0 aliphatic heterocycles. The van der Waals surface area contributed by atoms with E-state index in [-0.39, 0.29) is 23.4 Å². The van der Waals surface area contributed by atoms with Crippen molar-refractivity contribution < 1.29 is 9.90 Å². The molecule has 2 aliphatic carbocycles. The van der Waals surface area contributed by atoms with Crippen LogP contribution in [-0.4, -0.2) is 17.0 Å². The minimum Gasteiger partial charge on any atom is -0.393 e. The van der Waals surface area contributed by atoms with E-state index in [9.17, 15) is 9.90 Å². The zero-order valence-corrected chi connectivity index (χ0v) is 11.6. The van der Waals surface area contributed by atoms with Crippen LogP contribution in [0.25, 0.3) is 0 Å². The van der Waals surface area contributed by atoms with Gasteiger partial charge < -0.3 is 5.11 Å². The van der Waals surface area contributed by atoms with Crippen molar-refractivity contribution in [3.63, 3.8) is 0 Å². The van der Waals surface area contributed by atoms with E-state index < -0.39 is 0 Å². The molecule has 2 saturated carbocycles. The fourth-order valence-corrected chi connectivity index (χ4v) is 4.04. The van der Waals surface area contributed by atoms with Crippen molar-refractivity contribution in [1.82, 2.24) is 0 Å². The molecule has 2 rings (SSSR count). The Hall–Kier alpha value is -0.370. The van der Waals surface area contributed by atoms with Gasteiger partial charge in [0.1, 0.15) is 5.78 Å². The molecule has 0 saturated heterocycles. The van der Waals surface area contributed by atoms with E-state index in [0.717, 1.165) is 19.3 Å². The van der Waals surface area contributed by atoms with Gasteiger partial charge in [-0.1, -0.05) is 27.7 Å². The van der Waals surface area contributed by atoms with E-state index in [1.165, 1.54) is 0 Å². The SMILES string of the molecule is CC(C)[C@@H]1C[C@@]2(C)[C@H](CC1=O)[C@H](O)CC[C@@H]2C. The van der Waals surface area contributed by atoms with Crippen molar-refractivity contribution in [1.29, 1.82) is 0 Å². The van der Waals surface area contributed by atoms with Gasteiger partial charge in [0, 0.05) is 12.3 Å². The maximum absolute atomic E-state index is 12.2. The van der Waals surface area contributed by atoms with Gasteiger partial charge >= 0.3 is 0 Å². The fourth-order valence-electron chi connectivity index (χ4n) is 4.04. The first-order valence-electron chi connectivity index (χ1n) is 7.07. The summed E-state index contributed by atoms with van der Waals surface area (Å²) in [5.74, 6) is 1.87. The standard InChI is InChI=1S/C15H26O2/c1-9(2)11-8-15(4)10(3)5-6-13(16)12(15)7-14(11)17/h9-13,16H,5-8H2,1-4H3/t10-,11-,12+,13+,15+/m0/s1. The molecular formula is C15H26O2. The number of ketones is 1. The minimum absolute atomic E-state index is 0.167. The Kier molecular flexibility index (Phi) is 3.37. The van der Waals surface area contributed by atoms with Crippen LogP contribution in [0.4, 0.5) is 0 Å². The van der Waals surface area contributed by atoms with Crippen LogP contribution in [0.1, 0.15) is 53.4 Å². The second kappa shape index (κ2) is 4.38. The van der Waals surface area contributed by atoms with Crippen LogP contribution in [0.2, 0.25) is 0 Å². The molecule has 0 aromatic heterocycles. The normalized spacial score (nSPS) is 47.1. The number of carbonyl (C=O) groups is 1. The highest BCUT2D eigenvalue weighted by atomic mass is 16.3. The number of hydrogen-bond donors (Lipinski definition) is 1. The smallest absolute Gasteiger partial charge is 0.136 e. The molecule has 0 aromatic carbocycles. The van der Waals surface area contributed by atoms with Crippen LogP contribution < -0.4 is 0 Å². The zero-order valence-electron chi connectivity index (χ0n) is 11.6. The first kappa shape index (κ1) is 13.1. The molecule has 0 bridgehead atoms. The summed E-state index contributed by atoms with van der Waals surface area (Å²) < 4.78 is 0. The Morgan fingerprint density at radius 1 is 1.35 bits per heavy atom. The van der Waals surface area contributed by atoms with E-state index in [2.05, 4.69) is 27.7 Å². The quantitative estimate of drug-likeness (QED) is 0.762. The van der Waals surface area contributed by atoms with Crippen molar-refractivity contribution in [3.05, 3.63) is 0 Å². The molecule has 17 heavy (non-hydrogen) atoms. The molecule has 0 aromatic rings. The molecular weight excluding hydrogens is 212 g/mol. The molecule has 2 fully saturated rings. The van der Waals surface area contributed by atoms with Gasteiger partial charge in [-0.05, 0) is 42.4 Å². The van der Waals surface area contributed by atoms with Crippen LogP contribution in [-0.2, 0) is 4.79 Å². The first-order chi connectivity index (χ1) is 7.86. The largest absolute Gasteiger partial charge is 0.393 e. The van der Waals surface area contributed by atoms with E-state index in [0.29, 0.717) is 24.0 Å². The Morgan fingerprint density at radius 2 is 2.00 bits per heavy atom. The summed E-state index contributed by atoms with van der Waals surface area (Å²) >= 11 is 0. The fraction of sp³-hybridized carbons (Fsp3) is 0.933. The van der Waals surface area contributed by atoms with Crippen LogP contribution in [0.5, 0.6) is 0 Å². The Labute approximate surface area is 105 Å². The maximum Gasteiger partial charge on any atom is 0.136 e. The third-order valence-electron chi connectivity index (χ3n) is 5.63. The second-order valence-electron chi connectivity index (χ2n) is 6.88. The highest BCUT2D eigenvalue weighted by molar-refractivity contribution is 5.82. The summed E-state index contributed by atoms with van der Waals surface area (Å²) in [6, 6.07) is 0. The van der Waals surface area contributed by atoms with Crippen LogP contribution in [0.15, 0.2) is 0 Å². The molecule has 0 amide bonds. The maximum atomic E-state index is 12.2. The van der Waals surface area contributed by atoms with Gasteiger partial charge in [0.15, 0.2) is 0 Å². The number of aliphatic hydroxyl groups is 1. The highest BCUT2D eigenvalue weighted by Gasteiger charge is 2.52. The molecule has 2 aliphatic rings. The third-order valence-corrected chi connectivity index (χ3v) is 5.63. The van der Waals surface area contributed by atoms with E-state index in [1.54, 1.807) is 0 Å². The van der Waals surface area contributed by atoms with Crippen molar-refractivity contribution in [2.45, 2.75) is 59.5 Å². The average Bonchev–Trinajstić information content (AvgIpc) is 2.26. The summed E-state index contributed by atoms with van der Waals surface area (Å²) in [5, 5.41) is 10.2. The van der Waals surface area contributed by atoms with Gasteiger partial charge in [0.25, 0.3) is 0 Å². The van der Waals surface area contributed by atoms with Crippen LogP contribution >= 0.6 is 0 Å². The van der Waals surface area contributed by atoms with Gasteiger partial charge in [-0.25, -0.2) is 0 Å². The second-order valence-corrected chi connectivity index (χ2v) is 6.88. The lowest BCUT2D eigenvalue weighted by Crippen LogP contribution is -2.52. The van der Waals surface area contributed by atoms with Gasteiger partial charge in [0.05, 0.1) is 6.10 Å². The number of Topliss-reactive ketones (excluding diaryl/α,β-unsaturated/α-hetero) is 1. The topological polar surface area (TPSA) is 37.3 Å². The van der Waals surface area contributed by atoms with Gasteiger partial charge in [-0.3, -0.25) is 4.79 Å². The van der Waals surface area contributed by atoms with E-state index >= 15 is 0 Å². The molecule has 0 heterocycles. The predicted molar refractivity (Wildman–Crippen MR) is 68.6 cm³/mol. The summed E-state index contributed by atoms with van der Waals surface area (Å²) in [4.78, 5) is 12.2. The molecule has 0 spiro atoms. The van der Waals surface area contributed by atoms with Crippen LogP contribution in [0, 0.1) is 29.1 Å². The van der Waals surface area contributed by atoms with E-state index in [1.807, 2.05) is 0 Å². The molecule has 2 nitrogen and oxygen atoms in total. The zero-order chi connectivity index (χ0) is 12.8. The van der Waals surface area contributed by atoms with Gasteiger partial charge in [-0.2, -0.15) is 0 Å². The minimum atomic E-state index is -0.256. The predicted octanol–water partition coefficient (Wildman–Crippen LogP) is 3.03. The Morgan fingerprint density at radius 3 is 2.59 bits per heavy atom. The van der Waals surface area contributed by atoms with Crippen LogP contribution in [0.3, 0.4) is 0 Å². The molecule has 2 heteroatoms. The summed E-state index contributed by atoms with van der Waals surface area (Å²) in [5.41, 5.74) is 0.167. The molecule has 1 N–H and O–H groups in total. The van der Waals surface area contributed by atoms with Gasteiger partial charge in [-0.15, -0.1) is 0 Å².